The standard InChI is InChI=1S/C14H28O2/c1-4-5-6-7-8-11-16-12-9-10-14(2,3)13(12)15/h12-13,15H,4-11H2,1-3H3. The molecule has 0 heterocycles. The third-order valence-electron chi connectivity index (χ3n) is 3.81. The lowest BCUT2D eigenvalue weighted by atomic mass is 9.89. The molecule has 1 N–H and O–H groups in total. The van der Waals surface area contributed by atoms with Crippen LogP contribution in [0.2, 0.25) is 0 Å². The number of aliphatic hydroxyl groups is 1. The molecule has 0 aliphatic heterocycles. The molecule has 0 saturated heterocycles. The third kappa shape index (κ3) is 4.06. The number of unbranched alkanes of at least 4 members (excludes halogenated alkanes) is 4. The van der Waals surface area contributed by atoms with E-state index < -0.39 is 0 Å². The summed E-state index contributed by atoms with van der Waals surface area (Å²) in [5, 5.41) is 10.0. The van der Waals surface area contributed by atoms with Gasteiger partial charge in [-0.2, -0.15) is 0 Å². The minimum absolute atomic E-state index is 0.0485. The van der Waals surface area contributed by atoms with E-state index in [4.69, 9.17) is 4.74 Å². The first-order valence-corrected chi connectivity index (χ1v) is 6.87. The second-order valence-electron chi connectivity index (χ2n) is 5.80. The fourth-order valence-corrected chi connectivity index (χ4v) is 2.44. The Kier molecular flexibility index (Phi) is 5.77. The van der Waals surface area contributed by atoms with Crippen LogP contribution in [0.25, 0.3) is 0 Å². The van der Waals surface area contributed by atoms with E-state index in [-0.39, 0.29) is 17.6 Å². The average Bonchev–Trinajstić information content (AvgIpc) is 2.50. The van der Waals surface area contributed by atoms with Gasteiger partial charge in [0, 0.05) is 6.61 Å². The highest BCUT2D eigenvalue weighted by molar-refractivity contribution is 4.91. The zero-order valence-electron chi connectivity index (χ0n) is 11.2. The summed E-state index contributed by atoms with van der Waals surface area (Å²) in [5.41, 5.74) is 0.0485. The van der Waals surface area contributed by atoms with Crippen molar-refractivity contribution in [1.29, 1.82) is 0 Å². The molecule has 0 aromatic rings. The van der Waals surface area contributed by atoms with Gasteiger partial charge in [0.15, 0.2) is 0 Å². The van der Waals surface area contributed by atoms with Gasteiger partial charge in [0.05, 0.1) is 12.2 Å². The van der Waals surface area contributed by atoms with Crippen molar-refractivity contribution in [3.8, 4) is 0 Å². The zero-order chi connectivity index (χ0) is 12.0. The first kappa shape index (κ1) is 14.0. The van der Waals surface area contributed by atoms with Crippen molar-refractivity contribution in [2.45, 2.75) is 77.9 Å². The maximum absolute atomic E-state index is 10.0. The fraction of sp³-hybridized carbons (Fsp3) is 1.00. The Morgan fingerprint density at radius 2 is 1.88 bits per heavy atom. The van der Waals surface area contributed by atoms with Crippen LogP contribution in [0.1, 0.15) is 65.7 Å². The molecule has 0 radical (unpaired) electrons. The normalized spacial score (nSPS) is 28.5. The lowest BCUT2D eigenvalue weighted by molar-refractivity contribution is -0.0504. The highest BCUT2D eigenvalue weighted by Gasteiger charge is 2.41. The summed E-state index contributed by atoms with van der Waals surface area (Å²) in [4.78, 5) is 0. The summed E-state index contributed by atoms with van der Waals surface area (Å²) in [6, 6.07) is 0. The number of ether oxygens (including phenoxy) is 1. The van der Waals surface area contributed by atoms with Crippen LogP contribution >= 0.6 is 0 Å². The van der Waals surface area contributed by atoms with E-state index in [0.29, 0.717) is 0 Å². The van der Waals surface area contributed by atoms with Crippen molar-refractivity contribution in [3.05, 3.63) is 0 Å². The van der Waals surface area contributed by atoms with Gasteiger partial charge in [0.25, 0.3) is 0 Å². The molecule has 1 aliphatic carbocycles. The highest BCUT2D eigenvalue weighted by Crippen LogP contribution is 2.38. The maximum atomic E-state index is 10.0. The van der Waals surface area contributed by atoms with Crippen molar-refractivity contribution in [2.24, 2.45) is 5.41 Å². The maximum Gasteiger partial charge on any atom is 0.0852 e. The number of hydrogen-bond acceptors (Lipinski definition) is 2. The van der Waals surface area contributed by atoms with E-state index in [1.807, 2.05) is 0 Å². The SMILES string of the molecule is CCCCCCCOC1CCC(C)(C)C1O. The lowest BCUT2D eigenvalue weighted by Crippen LogP contribution is -2.33. The van der Waals surface area contributed by atoms with Crippen LogP contribution in [0.15, 0.2) is 0 Å². The lowest BCUT2D eigenvalue weighted by Gasteiger charge is -2.25. The summed E-state index contributed by atoms with van der Waals surface area (Å²) in [7, 11) is 0. The van der Waals surface area contributed by atoms with Crippen LogP contribution < -0.4 is 0 Å². The largest absolute Gasteiger partial charge is 0.390 e. The third-order valence-corrected chi connectivity index (χ3v) is 3.81. The zero-order valence-corrected chi connectivity index (χ0v) is 11.2. The Hall–Kier alpha value is -0.0800. The van der Waals surface area contributed by atoms with E-state index in [9.17, 15) is 5.11 Å². The molecule has 16 heavy (non-hydrogen) atoms. The van der Waals surface area contributed by atoms with Crippen LogP contribution in [0, 0.1) is 5.41 Å². The molecule has 0 amide bonds. The van der Waals surface area contributed by atoms with E-state index >= 15 is 0 Å². The summed E-state index contributed by atoms with van der Waals surface area (Å²) < 4.78 is 5.78. The Morgan fingerprint density at radius 1 is 1.19 bits per heavy atom. The molecule has 2 atom stereocenters. The van der Waals surface area contributed by atoms with Gasteiger partial charge in [-0.05, 0) is 24.7 Å². The van der Waals surface area contributed by atoms with Crippen LogP contribution in [0.5, 0.6) is 0 Å². The predicted octanol–water partition coefficient (Wildman–Crippen LogP) is 3.52. The summed E-state index contributed by atoms with van der Waals surface area (Å²) in [6.45, 7) is 7.31. The Balaban J connectivity index is 2.06. The van der Waals surface area contributed by atoms with Crippen molar-refractivity contribution in [2.75, 3.05) is 6.61 Å². The van der Waals surface area contributed by atoms with E-state index in [0.717, 1.165) is 25.9 Å². The van der Waals surface area contributed by atoms with Crippen molar-refractivity contribution in [1.82, 2.24) is 0 Å². The molecule has 0 aromatic carbocycles. The molecule has 2 nitrogen and oxygen atoms in total. The van der Waals surface area contributed by atoms with Gasteiger partial charge in [0.1, 0.15) is 0 Å². The molecule has 0 aromatic heterocycles. The quantitative estimate of drug-likeness (QED) is 0.676. The van der Waals surface area contributed by atoms with Crippen LogP contribution in [0.4, 0.5) is 0 Å². The molecule has 1 saturated carbocycles. The van der Waals surface area contributed by atoms with Crippen molar-refractivity contribution in [3.63, 3.8) is 0 Å². The number of hydrogen-bond donors (Lipinski definition) is 1. The molecule has 0 spiro atoms. The van der Waals surface area contributed by atoms with Crippen molar-refractivity contribution < 1.29 is 9.84 Å². The molecular formula is C14H28O2. The second-order valence-corrected chi connectivity index (χ2v) is 5.80. The Labute approximate surface area is 100 Å². The van der Waals surface area contributed by atoms with E-state index in [1.54, 1.807) is 0 Å². The van der Waals surface area contributed by atoms with Gasteiger partial charge in [-0.15, -0.1) is 0 Å². The van der Waals surface area contributed by atoms with E-state index in [1.165, 1.54) is 25.7 Å². The van der Waals surface area contributed by atoms with Gasteiger partial charge >= 0.3 is 0 Å². The van der Waals surface area contributed by atoms with Crippen LogP contribution in [-0.2, 0) is 4.74 Å². The molecule has 1 fully saturated rings. The van der Waals surface area contributed by atoms with Gasteiger partial charge in [0.2, 0.25) is 0 Å². The molecule has 2 unspecified atom stereocenters. The monoisotopic (exact) mass is 228 g/mol. The van der Waals surface area contributed by atoms with E-state index in [2.05, 4.69) is 20.8 Å². The summed E-state index contributed by atoms with van der Waals surface area (Å²) in [6.07, 6.45) is 8.25. The summed E-state index contributed by atoms with van der Waals surface area (Å²) in [5.74, 6) is 0. The molecular weight excluding hydrogens is 200 g/mol. The average molecular weight is 228 g/mol. The molecule has 1 aliphatic rings. The predicted molar refractivity (Wildman–Crippen MR) is 67.5 cm³/mol. The molecule has 1 rings (SSSR count). The fourth-order valence-electron chi connectivity index (χ4n) is 2.44. The number of aliphatic hydroxyl groups excluding tert-OH is 1. The Morgan fingerprint density at radius 3 is 2.44 bits per heavy atom. The molecule has 96 valence electrons. The van der Waals surface area contributed by atoms with Gasteiger partial charge in [-0.3, -0.25) is 0 Å². The Bertz CT molecular complexity index is 189. The molecule has 2 heteroatoms. The smallest absolute Gasteiger partial charge is 0.0852 e. The number of rotatable bonds is 7. The van der Waals surface area contributed by atoms with Gasteiger partial charge in [-0.25, -0.2) is 0 Å². The minimum atomic E-state index is -0.275. The highest BCUT2D eigenvalue weighted by atomic mass is 16.5. The topological polar surface area (TPSA) is 29.5 Å². The van der Waals surface area contributed by atoms with Gasteiger partial charge < -0.3 is 9.84 Å². The first-order valence-electron chi connectivity index (χ1n) is 6.87. The van der Waals surface area contributed by atoms with Gasteiger partial charge in [-0.1, -0.05) is 46.5 Å². The van der Waals surface area contributed by atoms with Crippen molar-refractivity contribution >= 4 is 0 Å². The van der Waals surface area contributed by atoms with Crippen LogP contribution in [-0.4, -0.2) is 23.9 Å². The first-order chi connectivity index (χ1) is 7.58. The molecule has 0 bridgehead atoms. The second kappa shape index (κ2) is 6.61. The summed E-state index contributed by atoms with van der Waals surface area (Å²) >= 11 is 0. The van der Waals surface area contributed by atoms with Crippen LogP contribution in [0.3, 0.4) is 0 Å². The minimum Gasteiger partial charge on any atom is -0.390 e.